The summed E-state index contributed by atoms with van der Waals surface area (Å²) in [6.07, 6.45) is 1.38. The summed E-state index contributed by atoms with van der Waals surface area (Å²) in [7, 11) is 1.76. The molecule has 2 aromatic carbocycles. The molecule has 0 radical (unpaired) electrons. The topological polar surface area (TPSA) is 71.7 Å². The van der Waals surface area contributed by atoms with Gasteiger partial charge in [-0.25, -0.2) is 14.2 Å². The summed E-state index contributed by atoms with van der Waals surface area (Å²) in [5.74, 6) is 0.168. The number of hydrogen-bond acceptors (Lipinski definition) is 5. The van der Waals surface area contributed by atoms with Crippen LogP contribution in [0.2, 0.25) is 0 Å². The van der Waals surface area contributed by atoms with Gasteiger partial charge in [-0.05, 0) is 63.1 Å². The minimum absolute atomic E-state index is 0.0259. The molecule has 2 heterocycles. The summed E-state index contributed by atoms with van der Waals surface area (Å²) in [6.45, 7) is 8.75. The summed E-state index contributed by atoms with van der Waals surface area (Å²) >= 11 is 0. The monoisotopic (exact) mass is 436 g/mol. The third-order valence-corrected chi connectivity index (χ3v) is 5.78. The van der Waals surface area contributed by atoms with Gasteiger partial charge in [0.05, 0.1) is 6.04 Å². The molecule has 3 aromatic rings. The molecule has 168 valence electrons. The summed E-state index contributed by atoms with van der Waals surface area (Å²) in [4.78, 5) is 20.5. The average Bonchev–Trinajstić information content (AvgIpc) is 2.65. The van der Waals surface area contributed by atoms with Crippen LogP contribution in [0, 0.1) is 12.7 Å². The fourth-order valence-corrected chi connectivity index (χ4v) is 4.04. The Morgan fingerprint density at radius 1 is 1.25 bits per heavy atom. The van der Waals surface area contributed by atoms with Crippen LogP contribution in [-0.4, -0.2) is 47.8 Å². The lowest BCUT2D eigenvalue weighted by molar-refractivity contribution is 0.0197. The highest BCUT2D eigenvalue weighted by Crippen LogP contribution is 2.38. The summed E-state index contributed by atoms with van der Waals surface area (Å²) in [5.41, 5.74) is 8.61. The van der Waals surface area contributed by atoms with Gasteiger partial charge in [0.15, 0.2) is 0 Å². The highest BCUT2D eigenvalue weighted by Gasteiger charge is 2.35. The van der Waals surface area contributed by atoms with Crippen molar-refractivity contribution in [2.45, 2.75) is 39.3 Å². The first-order valence-electron chi connectivity index (χ1n) is 10.7. The second-order valence-electron chi connectivity index (χ2n) is 9.41. The Morgan fingerprint density at radius 3 is 2.62 bits per heavy atom. The number of nitrogens with two attached hydrogens (primary N) is 1. The Balaban J connectivity index is 1.67. The SMILES string of the molecule is Cc1cccc(F)c1-c1cc(N2CC(N(C)C(=O)OC(C)(C)C)C2)c2cc(N)ncc2c1. The molecule has 0 unspecified atom stereocenters. The molecule has 1 amide bonds. The van der Waals surface area contributed by atoms with Crippen molar-refractivity contribution < 1.29 is 13.9 Å². The summed E-state index contributed by atoms with van der Waals surface area (Å²) in [6, 6.07) is 10.9. The first-order chi connectivity index (χ1) is 15.0. The van der Waals surface area contributed by atoms with E-state index >= 15 is 0 Å². The van der Waals surface area contributed by atoms with Gasteiger partial charge in [-0.15, -0.1) is 0 Å². The molecule has 32 heavy (non-hydrogen) atoms. The predicted molar refractivity (Wildman–Crippen MR) is 126 cm³/mol. The molecule has 0 saturated carbocycles. The number of halogens is 1. The van der Waals surface area contributed by atoms with Crippen LogP contribution in [-0.2, 0) is 4.74 Å². The van der Waals surface area contributed by atoms with Gasteiger partial charge in [0.25, 0.3) is 0 Å². The number of fused-ring (bicyclic) bond motifs is 1. The fraction of sp³-hybridized carbons (Fsp3) is 0.360. The third kappa shape index (κ3) is 4.20. The zero-order valence-corrected chi connectivity index (χ0v) is 19.1. The number of carbonyl (C=O) groups excluding carboxylic acids is 1. The van der Waals surface area contributed by atoms with E-state index in [1.807, 2.05) is 52.0 Å². The first-order valence-corrected chi connectivity index (χ1v) is 10.7. The number of carbonyl (C=O) groups is 1. The van der Waals surface area contributed by atoms with E-state index < -0.39 is 5.60 Å². The van der Waals surface area contributed by atoms with Crippen LogP contribution in [0.4, 0.5) is 20.7 Å². The van der Waals surface area contributed by atoms with Gasteiger partial charge in [0.2, 0.25) is 0 Å². The van der Waals surface area contributed by atoms with Gasteiger partial charge >= 0.3 is 6.09 Å². The van der Waals surface area contributed by atoms with Gasteiger partial charge in [-0.1, -0.05) is 12.1 Å². The van der Waals surface area contributed by atoms with Crippen molar-refractivity contribution >= 4 is 28.4 Å². The molecule has 1 saturated heterocycles. The van der Waals surface area contributed by atoms with Crippen molar-refractivity contribution in [2.24, 2.45) is 0 Å². The van der Waals surface area contributed by atoms with Gasteiger partial charge in [-0.3, -0.25) is 0 Å². The van der Waals surface area contributed by atoms with Crippen molar-refractivity contribution in [3.8, 4) is 11.1 Å². The van der Waals surface area contributed by atoms with Crippen molar-refractivity contribution in [1.29, 1.82) is 0 Å². The molecule has 4 rings (SSSR count). The maximum atomic E-state index is 14.7. The Labute approximate surface area is 187 Å². The van der Waals surface area contributed by atoms with Crippen LogP contribution in [0.1, 0.15) is 26.3 Å². The number of aryl methyl sites for hydroxylation is 1. The number of anilines is 2. The number of benzene rings is 2. The Morgan fingerprint density at radius 2 is 1.97 bits per heavy atom. The number of hydrogen-bond donors (Lipinski definition) is 1. The maximum Gasteiger partial charge on any atom is 0.410 e. The van der Waals surface area contributed by atoms with Crippen molar-refractivity contribution in [3.63, 3.8) is 0 Å². The summed E-state index contributed by atoms with van der Waals surface area (Å²) < 4.78 is 20.2. The number of nitrogen functional groups attached to an aromatic ring is 1. The Hall–Kier alpha value is -3.35. The van der Waals surface area contributed by atoms with Gasteiger partial charge in [0, 0.05) is 48.4 Å². The van der Waals surface area contributed by atoms with Crippen molar-refractivity contribution in [1.82, 2.24) is 9.88 Å². The number of pyridine rings is 1. The molecular weight excluding hydrogens is 407 g/mol. The molecule has 0 atom stereocenters. The highest BCUT2D eigenvalue weighted by molar-refractivity contribution is 5.99. The van der Waals surface area contributed by atoms with E-state index in [1.54, 1.807) is 24.2 Å². The lowest BCUT2D eigenvalue weighted by Crippen LogP contribution is -2.60. The van der Waals surface area contributed by atoms with E-state index in [0.29, 0.717) is 24.5 Å². The number of rotatable bonds is 3. The van der Waals surface area contributed by atoms with Crippen LogP contribution >= 0.6 is 0 Å². The maximum absolute atomic E-state index is 14.7. The van der Waals surface area contributed by atoms with E-state index in [-0.39, 0.29) is 18.0 Å². The largest absolute Gasteiger partial charge is 0.444 e. The first kappa shape index (κ1) is 21.9. The van der Waals surface area contributed by atoms with E-state index in [2.05, 4.69) is 9.88 Å². The minimum atomic E-state index is -0.540. The lowest BCUT2D eigenvalue weighted by Gasteiger charge is -2.45. The number of nitrogens with zero attached hydrogens (tertiary/aromatic N) is 3. The van der Waals surface area contributed by atoms with Gasteiger partial charge < -0.3 is 20.3 Å². The van der Waals surface area contributed by atoms with Crippen molar-refractivity contribution in [2.75, 3.05) is 30.8 Å². The van der Waals surface area contributed by atoms with Crippen LogP contribution in [0.15, 0.2) is 42.6 Å². The van der Waals surface area contributed by atoms with Gasteiger partial charge in [-0.2, -0.15) is 0 Å². The van der Waals surface area contributed by atoms with E-state index in [1.165, 1.54) is 6.07 Å². The van der Waals surface area contributed by atoms with E-state index in [4.69, 9.17) is 10.5 Å². The van der Waals surface area contributed by atoms with Crippen LogP contribution in [0.5, 0.6) is 0 Å². The van der Waals surface area contributed by atoms with Crippen LogP contribution in [0.25, 0.3) is 21.9 Å². The molecule has 1 aromatic heterocycles. The molecular formula is C25H29FN4O2. The zero-order valence-electron chi connectivity index (χ0n) is 19.1. The predicted octanol–water partition coefficient (Wildman–Crippen LogP) is 4.99. The van der Waals surface area contributed by atoms with Crippen molar-refractivity contribution in [3.05, 3.63) is 54.0 Å². The summed E-state index contributed by atoms with van der Waals surface area (Å²) in [5, 5.41) is 1.84. The molecule has 2 N–H and O–H groups in total. The number of aromatic nitrogens is 1. The number of likely N-dealkylation sites (N-methyl/N-ethyl adjacent to an activating group) is 1. The second-order valence-corrected chi connectivity index (χ2v) is 9.41. The third-order valence-electron chi connectivity index (χ3n) is 5.78. The highest BCUT2D eigenvalue weighted by atomic mass is 19.1. The van der Waals surface area contributed by atoms with Crippen LogP contribution < -0.4 is 10.6 Å². The number of ether oxygens (including phenoxy) is 1. The van der Waals surface area contributed by atoms with E-state index in [9.17, 15) is 9.18 Å². The normalized spacial score (nSPS) is 14.4. The second kappa shape index (κ2) is 7.97. The molecule has 0 aliphatic carbocycles. The Bertz CT molecular complexity index is 1160. The standard InChI is InChI=1S/C25H29FN4O2/c1-15-7-6-8-20(26)23(15)16-9-17-12-28-22(27)11-19(17)21(10-16)30-13-18(14-30)29(5)24(31)32-25(2,3)4/h6-12,18H,13-14H2,1-5H3,(H2,27,28). The Kier molecular flexibility index (Phi) is 5.44. The van der Waals surface area contributed by atoms with E-state index in [0.717, 1.165) is 27.6 Å². The molecule has 1 fully saturated rings. The lowest BCUT2D eigenvalue weighted by atomic mass is 9.95. The fourth-order valence-electron chi connectivity index (χ4n) is 4.04. The van der Waals surface area contributed by atoms with Gasteiger partial charge in [0.1, 0.15) is 17.2 Å². The zero-order chi connectivity index (χ0) is 23.2. The number of amides is 1. The molecule has 0 bridgehead atoms. The molecule has 1 aliphatic heterocycles. The molecule has 0 spiro atoms. The molecule has 7 heteroatoms. The average molecular weight is 437 g/mol. The molecule has 6 nitrogen and oxygen atoms in total. The quantitative estimate of drug-likeness (QED) is 0.626. The minimum Gasteiger partial charge on any atom is -0.444 e. The van der Waals surface area contributed by atoms with Crippen LogP contribution in [0.3, 0.4) is 0 Å². The smallest absolute Gasteiger partial charge is 0.410 e. The molecule has 1 aliphatic rings.